The summed E-state index contributed by atoms with van der Waals surface area (Å²) in [4.78, 5) is 18.0. The highest BCUT2D eigenvalue weighted by Gasteiger charge is 2.40. The monoisotopic (exact) mass is 438 g/mol. The van der Waals surface area contributed by atoms with Gasteiger partial charge in [-0.15, -0.1) is 0 Å². The Hall–Kier alpha value is -3.24. The zero-order valence-electron chi connectivity index (χ0n) is 15.3. The molecule has 1 aliphatic carbocycles. The summed E-state index contributed by atoms with van der Waals surface area (Å²) in [6.07, 6.45) is 1.81. The summed E-state index contributed by atoms with van der Waals surface area (Å²) >= 11 is 3.53. The van der Waals surface area contributed by atoms with E-state index in [4.69, 9.17) is 0 Å². The van der Waals surface area contributed by atoms with Crippen molar-refractivity contribution in [3.63, 3.8) is 0 Å². The topological polar surface area (TPSA) is 42.0 Å². The van der Waals surface area contributed by atoms with Crippen LogP contribution in [0.2, 0.25) is 0 Å². The van der Waals surface area contributed by atoms with Gasteiger partial charge in [-0.3, -0.25) is 9.78 Å². The van der Waals surface area contributed by atoms with Crippen LogP contribution in [0.1, 0.15) is 33.0 Å². The van der Waals surface area contributed by atoms with Crippen molar-refractivity contribution >= 4 is 44.0 Å². The van der Waals surface area contributed by atoms with Crippen molar-refractivity contribution < 1.29 is 4.79 Å². The van der Waals surface area contributed by atoms with Gasteiger partial charge in [-0.25, -0.2) is 0 Å². The predicted molar refractivity (Wildman–Crippen MR) is 119 cm³/mol. The van der Waals surface area contributed by atoms with Crippen LogP contribution < -0.4 is 5.32 Å². The average molecular weight is 439 g/mol. The molecule has 1 N–H and O–H groups in total. The van der Waals surface area contributed by atoms with Crippen LogP contribution in [0.25, 0.3) is 16.6 Å². The van der Waals surface area contributed by atoms with Gasteiger partial charge in [0.05, 0.1) is 11.2 Å². The number of nitrogens with zero attached hydrogens (tertiary/aromatic N) is 1. The second kappa shape index (κ2) is 6.13. The van der Waals surface area contributed by atoms with Crippen LogP contribution in [0.4, 0.5) is 5.69 Å². The third-order valence-electron chi connectivity index (χ3n) is 5.82. The molecule has 0 amide bonds. The fourth-order valence-corrected chi connectivity index (χ4v) is 4.84. The predicted octanol–water partition coefficient (Wildman–Crippen LogP) is 6.16. The van der Waals surface area contributed by atoms with Crippen molar-refractivity contribution in [2.75, 3.05) is 5.32 Å². The van der Waals surface area contributed by atoms with E-state index in [0.717, 1.165) is 54.6 Å². The van der Waals surface area contributed by atoms with E-state index in [2.05, 4.69) is 50.5 Å². The first-order valence-corrected chi connectivity index (χ1v) is 10.3. The van der Waals surface area contributed by atoms with Crippen molar-refractivity contribution in [2.45, 2.75) is 5.92 Å². The Morgan fingerprint density at radius 3 is 2.48 bits per heavy atom. The summed E-state index contributed by atoms with van der Waals surface area (Å²) in [7, 11) is 0. The van der Waals surface area contributed by atoms with Crippen LogP contribution in [-0.4, -0.2) is 10.8 Å². The highest BCUT2D eigenvalue weighted by Crippen LogP contribution is 2.51. The molecular weight excluding hydrogens is 424 g/mol. The van der Waals surface area contributed by atoms with Crippen molar-refractivity contribution in [3.8, 4) is 0 Å². The lowest BCUT2D eigenvalue weighted by atomic mass is 9.78. The first kappa shape index (κ1) is 16.7. The summed E-state index contributed by atoms with van der Waals surface area (Å²) in [6, 6.07) is 24.3. The SMILES string of the molecule is O=C1C2=C(Nc3ccc4ncccc4c3C2c2ccc(Br)cc2)c2ccccc21. The lowest BCUT2D eigenvalue weighted by molar-refractivity contribution is 0.103. The Labute approximate surface area is 176 Å². The molecule has 6 rings (SSSR count). The Morgan fingerprint density at radius 1 is 0.862 bits per heavy atom. The van der Waals surface area contributed by atoms with Gasteiger partial charge in [0.2, 0.25) is 0 Å². The molecule has 29 heavy (non-hydrogen) atoms. The van der Waals surface area contributed by atoms with Crippen LogP contribution in [0.3, 0.4) is 0 Å². The van der Waals surface area contributed by atoms with Gasteiger partial charge in [-0.1, -0.05) is 58.4 Å². The van der Waals surface area contributed by atoms with Crippen molar-refractivity contribution in [1.29, 1.82) is 0 Å². The van der Waals surface area contributed by atoms with Crippen LogP contribution >= 0.6 is 15.9 Å². The fraction of sp³-hybridized carbons (Fsp3) is 0.0400. The Morgan fingerprint density at radius 2 is 1.66 bits per heavy atom. The number of allylic oxidation sites excluding steroid dienone is 1. The molecule has 1 atom stereocenters. The Bertz CT molecular complexity index is 1360. The molecule has 0 spiro atoms. The number of Topliss-reactive ketones (excluding diaryl/α,β-unsaturated/α-hetero) is 1. The maximum atomic E-state index is 13.5. The number of fused-ring (bicyclic) bond motifs is 5. The molecule has 1 aromatic heterocycles. The van der Waals surface area contributed by atoms with E-state index in [1.165, 1.54) is 0 Å². The summed E-state index contributed by atoms with van der Waals surface area (Å²) in [6.45, 7) is 0. The van der Waals surface area contributed by atoms with E-state index < -0.39 is 0 Å². The summed E-state index contributed by atoms with van der Waals surface area (Å²) in [5.41, 5.74) is 7.66. The molecule has 1 unspecified atom stereocenters. The number of halogens is 1. The molecule has 0 bridgehead atoms. The van der Waals surface area contributed by atoms with E-state index in [9.17, 15) is 4.79 Å². The smallest absolute Gasteiger partial charge is 0.192 e. The van der Waals surface area contributed by atoms with Crippen molar-refractivity contribution in [3.05, 3.63) is 111 Å². The van der Waals surface area contributed by atoms with E-state index in [1.807, 2.05) is 48.5 Å². The molecule has 1 aliphatic heterocycles. The lowest BCUT2D eigenvalue weighted by Gasteiger charge is -2.30. The number of benzene rings is 3. The summed E-state index contributed by atoms with van der Waals surface area (Å²) in [5.74, 6) is -0.0512. The molecule has 4 heteroatoms. The molecule has 0 saturated heterocycles. The second-order valence-electron chi connectivity index (χ2n) is 7.37. The highest BCUT2D eigenvalue weighted by molar-refractivity contribution is 9.10. The maximum Gasteiger partial charge on any atom is 0.192 e. The van der Waals surface area contributed by atoms with Crippen LogP contribution in [0.15, 0.2) is 89.0 Å². The van der Waals surface area contributed by atoms with Crippen LogP contribution in [0.5, 0.6) is 0 Å². The minimum absolute atomic E-state index is 0.0996. The van der Waals surface area contributed by atoms with Gasteiger partial charge < -0.3 is 5.32 Å². The molecule has 2 heterocycles. The zero-order valence-corrected chi connectivity index (χ0v) is 16.9. The quantitative estimate of drug-likeness (QED) is 0.386. The number of ketones is 1. The highest BCUT2D eigenvalue weighted by atomic mass is 79.9. The number of rotatable bonds is 1. The zero-order chi connectivity index (χ0) is 19.5. The van der Waals surface area contributed by atoms with Gasteiger partial charge >= 0.3 is 0 Å². The lowest BCUT2D eigenvalue weighted by Crippen LogP contribution is -2.19. The second-order valence-corrected chi connectivity index (χ2v) is 8.29. The van der Waals surface area contributed by atoms with Crippen LogP contribution in [-0.2, 0) is 0 Å². The van der Waals surface area contributed by atoms with Gasteiger partial charge in [0.15, 0.2) is 5.78 Å². The number of hydrogen-bond acceptors (Lipinski definition) is 3. The van der Waals surface area contributed by atoms with Gasteiger partial charge in [0.25, 0.3) is 0 Å². The first-order valence-electron chi connectivity index (χ1n) is 9.51. The largest absolute Gasteiger partial charge is 0.354 e. The van der Waals surface area contributed by atoms with Gasteiger partial charge in [-0.2, -0.15) is 0 Å². The number of nitrogens with one attached hydrogen (secondary N) is 1. The van der Waals surface area contributed by atoms with Gasteiger partial charge in [0, 0.05) is 44.4 Å². The Balaban J connectivity index is 1.69. The molecular formula is C25H15BrN2O. The number of carbonyl (C=O) groups excluding carboxylic acids is 1. The number of carbonyl (C=O) groups is 1. The molecule has 3 aromatic carbocycles. The van der Waals surface area contributed by atoms with Crippen molar-refractivity contribution in [1.82, 2.24) is 4.98 Å². The minimum atomic E-state index is -0.151. The average Bonchev–Trinajstić information content (AvgIpc) is 3.05. The third kappa shape index (κ3) is 2.36. The van der Waals surface area contributed by atoms with Gasteiger partial charge in [-0.05, 0) is 41.5 Å². The van der Waals surface area contributed by atoms with Gasteiger partial charge in [0.1, 0.15) is 0 Å². The summed E-state index contributed by atoms with van der Waals surface area (Å²) in [5, 5.41) is 4.64. The number of anilines is 1. The first-order chi connectivity index (χ1) is 14.2. The minimum Gasteiger partial charge on any atom is -0.354 e. The van der Waals surface area contributed by atoms with Crippen LogP contribution in [0, 0.1) is 0 Å². The fourth-order valence-electron chi connectivity index (χ4n) is 4.58. The molecule has 4 aromatic rings. The number of hydrogen-bond donors (Lipinski definition) is 1. The standard InChI is InChI=1S/C25H15BrN2O/c26-15-9-7-14(8-10-15)21-22-18-6-3-13-27-19(18)11-12-20(22)28-24-16-4-1-2-5-17(16)25(29)23(21)24/h1-13,21,28H. The maximum absolute atomic E-state index is 13.5. The molecule has 0 saturated carbocycles. The number of aromatic nitrogens is 1. The molecule has 0 radical (unpaired) electrons. The number of pyridine rings is 1. The molecule has 2 aliphatic rings. The Kier molecular flexibility index (Phi) is 3.53. The van der Waals surface area contributed by atoms with E-state index in [-0.39, 0.29) is 11.7 Å². The summed E-state index contributed by atoms with van der Waals surface area (Å²) < 4.78 is 1.02. The third-order valence-corrected chi connectivity index (χ3v) is 6.35. The normalized spacial score (nSPS) is 17.0. The molecule has 0 fully saturated rings. The molecule has 3 nitrogen and oxygen atoms in total. The van der Waals surface area contributed by atoms with E-state index in [0.29, 0.717) is 0 Å². The van der Waals surface area contributed by atoms with Crippen molar-refractivity contribution in [2.24, 2.45) is 0 Å². The molecule has 138 valence electrons. The van der Waals surface area contributed by atoms with E-state index >= 15 is 0 Å². The van der Waals surface area contributed by atoms with E-state index in [1.54, 1.807) is 6.20 Å².